The van der Waals surface area contributed by atoms with Crippen molar-refractivity contribution < 1.29 is 39.1 Å². The number of alkyl carbamates (subject to hydrolysis) is 1. The van der Waals surface area contributed by atoms with Crippen molar-refractivity contribution in [2.24, 2.45) is 38.9 Å². The molecule has 11 atom stereocenters. The minimum atomic E-state index is -0.945. The molecule has 1 aromatic carbocycles. The van der Waals surface area contributed by atoms with Gasteiger partial charge in [-0.2, -0.15) is 0 Å². The van der Waals surface area contributed by atoms with Gasteiger partial charge in [0.25, 0.3) is 0 Å². The fourth-order valence-electron chi connectivity index (χ4n) is 13.0. The van der Waals surface area contributed by atoms with Crippen LogP contribution < -0.4 is 5.32 Å². The van der Waals surface area contributed by atoms with Crippen molar-refractivity contribution in [2.45, 2.75) is 181 Å². The van der Waals surface area contributed by atoms with E-state index in [0.717, 1.165) is 56.9 Å². The molecule has 5 fully saturated rings. The second-order valence-electron chi connectivity index (χ2n) is 20.9. The third-order valence-electron chi connectivity index (χ3n) is 15.4. The number of carbonyl (C=O) groups excluding carboxylic acids is 2. The third-order valence-corrected chi connectivity index (χ3v) is 15.4. The summed E-state index contributed by atoms with van der Waals surface area (Å²) in [5.41, 5.74) is -1.84. The summed E-state index contributed by atoms with van der Waals surface area (Å²) in [6.07, 6.45) is 7.22. The van der Waals surface area contributed by atoms with Crippen LogP contribution in [0.4, 0.5) is 4.79 Å². The van der Waals surface area contributed by atoms with E-state index in [9.17, 15) is 24.9 Å². The zero-order chi connectivity index (χ0) is 39.0. The summed E-state index contributed by atoms with van der Waals surface area (Å²) < 4.78 is 18.6. The van der Waals surface area contributed by atoms with E-state index in [4.69, 9.17) is 14.2 Å². The minimum absolute atomic E-state index is 0.0476. The van der Waals surface area contributed by atoms with Crippen molar-refractivity contribution in [2.75, 3.05) is 6.61 Å². The van der Waals surface area contributed by atoms with E-state index < -0.39 is 41.0 Å². The Bertz CT molecular complexity index is 1520. The summed E-state index contributed by atoms with van der Waals surface area (Å²) in [4.78, 5) is 26.8. The first kappa shape index (κ1) is 40.5. The molecule has 1 amide bonds. The Hall–Kier alpha value is -2.20. The molecular formula is C44H69NO8. The van der Waals surface area contributed by atoms with Gasteiger partial charge in [-0.25, -0.2) is 9.59 Å². The maximum atomic E-state index is 13.9. The summed E-state index contributed by atoms with van der Waals surface area (Å²) >= 11 is 0. The lowest BCUT2D eigenvalue weighted by molar-refractivity contribution is -0.187. The average Bonchev–Trinajstić information content (AvgIpc) is 3.28. The fourth-order valence-corrected chi connectivity index (χ4v) is 13.0. The van der Waals surface area contributed by atoms with Crippen LogP contribution in [0.15, 0.2) is 30.3 Å². The summed E-state index contributed by atoms with van der Waals surface area (Å²) in [6, 6.07) is 8.75. The molecule has 4 aliphatic carbocycles. The van der Waals surface area contributed by atoms with Crippen LogP contribution in [0.3, 0.4) is 0 Å². The Balaban J connectivity index is 1.20. The molecule has 9 nitrogen and oxygen atoms in total. The Morgan fingerprint density at radius 1 is 0.943 bits per heavy atom. The molecule has 0 bridgehead atoms. The van der Waals surface area contributed by atoms with Gasteiger partial charge < -0.3 is 34.8 Å². The van der Waals surface area contributed by atoms with Gasteiger partial charge in [-0.3, -0.25) is 0 Å². The first-order chi connectivity index (χ1) is 24.4. The van der Waals surface area contributed by atoms with Crippen LogP contribution in [0.2, 0.25) is 0 Å². The van der Waals surface area contributed by atoms with E-state index in [1.807, 2.05) is 44.2 Å². The van der Waals surface area contributed by atoms with Crippen LogP contribution in [0.1, 0.15) is 139 Å². The molecule has 1 heterocycles. The SMILES string of the molecule is CC(C)(C)OC(=O)NC(Cc1ccccc1)C(=O)OC1CCC2(CC1(C)C)CC21CCC2(C)C(C3(C)CCC(C(C)(C)O)O3)C(O)CC2(C)C1CCO. The number of hydrogen-bond acceptors (Lipinski definition) is 8. The zero-order valence-electron chi connectivity index (χ0n) is 34.2. The number of aliphatic hydroxyl groups is 3. The number of rotatable bonds is 9. The van der Waals surface area contributed by atoms with Crippen LogP contribution in [0.25, 0.3) is 0 Å². The highest BCUT2D eigenvalue weighted by Gasteiger charge is 2.80. The zero-order valence-corrected chi connectivity index (χ0v) is 34.2. The molecule has 1 aliphatic heterocycles. The summed E-state index contributed by atoms with van der Waals surface area (Å²) in [5, 5.41) is 36.3. The molecule has 9 heteroatoms. The summed E-state index contributed by atoms with van der Waals surface area (Å²) in [7, 11) is 0. The molecule has 6 rings (SSSR count). The van der Waals surface area contributed by atoms with Crippen LogP contribution in [0, 0.1) is 38.9 Å². The monoisotopic (exact) mass is 740 g/mol. The number of esters is 1. The van der Waals surface area contributed by atoms with E-state index in [-0.39, 0.29) is 57.7 Å². The average molecular weight is 740 g/mol. The van der Waals surface area contributed by atoms with Crippen molar-refractivity contribution in [3.05, 3.63) is 35.9 Å². The summed E-state index contributed by atoms with van der Waals surface area (Å²) in [5.74, 6) is -0.277. The lowest BCUT2D eigenvalue weighted by atomic mass is 9.45. The first-order valence-corrected chi connectivity index (χ1v) is 20.4. The van der Waals surface area contributed by atoms with Gasteiger partial charge in [-0.05, 0) is 139 Å². The van der Waals surface area contributed by atoms with E-state index in [1.54, 1.807) is 20.8 Å². The van der Waals surface area contributed by atoms with Crippen LogP contribution in [-0.2, 0) is 25.4 Å². The van der Waals surface area contributed by atoms with E-state index in [1.165, 1.54) is 0 Å². The predicted molar refractivity (Wildman–Crippen MR) is 204 cm³/mol. The van der Waals surface area contributed by atoms with Crippen LogP contribution in [-0.4, -0.2) is 75.1 Å². The Labute approximate surface area is 318 Å². The molecule has 1 aromatic rings. The van der Waals surface area contributed by atoms with Gasteiger partial charge in [0.1, 0.15) is 17.7 Å². The number of amides is 1. The molecule has 5 aliphatic rings. The van der Waals surface area contributed by atoms with Crippen molar-refractivity contribution in [1.82, 2.24) is 5.32 Å². The van der Waals surface area contributed by atoms with E-state index in [2.05, 4.69) is 39.9 Å². The highest BCUT2D eigenvalue weighted by molar-refractivity contribution is 5.82. The standard InChI is InChI=1S/C44H69NO8/c1-37(2,3)53-36(49)45-29(24-28-14-12-11-13-15-28)35(48)51-32-17-20-43(26-38(32,4)5)27-44(43)22-21-40(8)34(30(47)25-41(40,9)31(44)18-23-46)42(10)19-16-33(52-42)39(6,7)50/h11-15,29-34,46-47,50H,16-27H2,1-10H3,(H,45,49). The number of carbonyl (C=O) groups is 2. The molecule has 298 valence electrons. The topological polar surface area (TPSA) is 135 Å². The van der Waals surface area contributed by atoms with Crippen molar-refractivity contribution in [3.63, 3.8) is 0 Å². The Morgan fingerprint density at radius 3 is 2.21 bits per heavy atom. The van der Waals surface area contributed by atoms with Gasteiger partial charge in [0.15, 0.2) is 0 Å². The minimum Gasteiger partial charge on any atom is -0.460 e. The maximum Gasteiger partial charge on any atom is 0.408 e. The third kappa shape index (κ3) is 7.08. The molecule has 0 radical (unpaired) electrons. The largest absolute Gasteiger partial charge is 0.460 e. The molecule has 0 aromatic heterocycles. The molecule has 4 saturated carbocycles. The molecule has 11 unspecified atom stereocenters. The highest BCUT2D eigenvalue weighted by Crippen LogP contribution is 2.85. The maximum absolute atomic E-state index is 13.9. The Morgan fingerprint density at radius 2 is 1.62 bits per heavy atom. The highest BCUT2D eigenvalue weighted by atomic mass is 16.6. The Kier molecular flexibility index (Phi) is 10.3. The number of benzene rings is 1. The lowest BCUT2D eigenvalue weighted by Gasteiger charge is -2.60. The molecule has 2 spiro atoms. The second-order valence-corrected chi connectivity index (χ2v) is 20.9. The van der Waals surface area contributed by atoms with Gasteiger partial charge in [0.2, 0.25) is 0 Å². The molecule has 4 N–H and O–H groups in total. The number of ether oxygens (including phenoxy) is 3. The normalized spacial score (nSPS) is 41.2. The predicted octanol–water partition coefficient (Wildman–Crippen LogP) is 7.52. The molecular weight excluding hydrogens is 670 g/mol. The van der Waals surface area contributed by atoms with Gasteiger partial charge in [-0.1, -0.05) is 58.0 Å². The van der Waals surface area contributed by atoms with Crippen LogP contribution in [0.5, 0.6) is 0 Å². The van der Waals surface area contributed by atoms with Crippen molar-refractivity contribution >= 4 is 12.1 Å². The van der Waals surface area contributed by atoms with Gasteiger partial charge in [0.05, 0.1) is 23.4 Å². The fraction of sp³-hybridized carbons (Fsp3) is 0.818. The van der Waals surface area contributed by atoms with E-state index >= 15 is 0 Å². The van der Waals surface area contributed by atoms with E-state index in [0.29, 0.717) is 19.3 Å². The quantitative estimate of drug-likeness (QED) is 0.191. The molecule has 1 saturated heterocycles. The first-order valence-electron chi connectivity index (χ1n) is 20.4. The number of aliphatic hydroxyl groups excluding tert-OH is 2. The van der Waals surface area contributed by atoms with Crippen LogP contribution >= 0.6 is 0 Å². The lowest BCUT2D eigenvalue weighted by Crippen LogP contribution is -2.56. The number of nitrogens with one attached hydrogen (secondary N) is 1. The van der Waals surface area contributed by atoms with Crippen molar-refractivity contribution in [3.8, 4) is 0 Å². The van der Waals surface area contributed by atoms with Gasteiger partial charge >= 0.3 is 12.1 Å². The van der Waals surface area contributed by atoms with Gasteiger partial charge in [-0.15, -0.1) is 0 Å². The van der Waals surface area contributed by atoms with Gasteiger partial charge in [0, 0.05) is 24.4 Å². The number of fused-ring (bicyclic) bond motifs is 2. The number of hydrogen-bond donors (Lipinski definition) is 4. The summed E-state index contributed by atoms with van der Waals surface area (Å²) in [6.45, 7) is 20.5. The second kappa shape index (κ2) is 13.5. The smallest absolute Gasteiger partial charge is 0.408 e. The molecule has 53 heavy (non-hydrogen) atoms. The van der Waals surface area contributed by atoms with Crippen molar-refractivity contribution in [1.29, 1.82) is 0 Å².